The summed E-state index contributed by atoms with van der Waals surface area (Å²) >= 11 is 0. The Labute approximate surface area is 94.8 Å². The van der Waals surface area contributed by atoms with Gasteiger partial charge in [-0.3, -0.25) is 0 Å². The van der Waals surface area contributed by atoms with E-state index in [-0.39, 0.29) is 5.41 Å². The Morgan fingerprint density at radius 1 is 1.33 bits per heavy atom. The van der Waals surface area contributed by atoms with Gasteiger partial charge in [-0.25, -0.2) is 0 Å². The molecule has 0 aromatic heterocycles. The van der Waals surface area contributed by atoms with Gasteiger partial charge in [0.05, 0.1) is 6.10 Å². The first-order valence-electron chi connectivity index (χ1n) is 6.23. The molecule has 0 radical (unpaired) electrons. The lowest BCUT2D eigenvalue weighted by Gasteiger charge is -2.31. The van der Waals surface area contributed by atoms with Crippen molar-refractivity contribution >= 4 is 0 Å². The lowest BCUT2D eigenvalue weighted by Crippen LogP contribution is -2.37. The molecule has 0 saturated carbocycles. The monoisotopic (exact) mass is 213 g/mol. The zero-order valence-corrected chi connectivity index (χ0v) is 11.0. The quantitative estimate of drug-likeness (QED) is 0.775. The summed E-state index contributed by atoms with van der Waals surface area (Å²) < 4.78 is 5.85. The molecule has 2 nitrogen and oxygen atoms in total. The molecule has 0 aliphatic carbocycles. The van der Waals surface area contributed by atoms with Crippen molar-refractivity contribution in [2.45, 2.75) is 47.1 Å². The molecule has 0 spiro atoms. The molecule has 0 aromatic rings. The van der Waals surface area contributed by atoms with Crippen LogP contribution in [0.2, 0.25) is 0 Å². The molecule has 2 unspecified atom stereocenters. The van der Waals surface area contributed by atoms with Crippen LogP contribution in [-0.4, -0.2) is 25.8 Å². The Balaban J connectivity index is 2.34. The normalized spacial score (nSPS) is 27.6. The first kappa shape index (κ1) is 13.0. The maximum Gasteiger partial charge on any atom is 0.0664 e. The highest BCUT2D eigenvalue weighted by Gasteiger charge is 2.36. The van der Waals surface area contributed by atoms with Crippen molar-refractivity contribution < 1.29 is 4.74 Å². The van der Waals surface area contributed by atoms with E-state index in [4.69, 9.17) is 4.74 Å². The van der Waals surface area contributed by atoms with Gasteiger partial charge in [-0.2, -0.15) is 0 Å². The van der Waals surface area contributed by atoms with Gasteiger partial charge >= 0.3 is 0 Å². The topological polar surface area (TPSA) is 21.3 Å². The minimum atomic E-state index is 0.278. The molecule has 1 rings (SSSR count). The Morgan fingerprint density at radius 2 is 2.00 bits per heavy atom. The molecule has 1 saturated heterocycles. The van der Waals surface area contributed by atoms with E-state index >= 15 is 0 Å². The molecule has 2 heteroatoms. The molecular formula is C13H27NO. The van der Waals surface area contributed by atoms with Gasteiger partial charge in [-0.1, -0.05) is 34.6 Å². The van der Waals surface area contributed by atoms with Gasteiger partial charge < -0.3 is 10.1 Å². The Hall–Kier alpha value is -0.0800. The van der Waals surface area contributed by atoms with E-state index in [1.54, 1.807) is 0 Å². The van der Waals surface area contributed by atoms with Crippen LogP contribution in [0, 0.1) is 17.3 Å². The third-order valence-corrected chi connectivity index (χ3v) is 3.03. The van der Waals surface area contributed by atoms with Gasteiger partial charge in [-0.15, -0.1) is 0 Å². The Kier molecular flexibility index (Phi) is 4.60. The Morgan fingerprint density at radius 3 is 2.53 bits per heavy atom. The summed E-state index contributed by atoms with van der Waals surface area (Å²) in [5.41, 5.74) is 0.278. The molecule has 1 heterocycles. The SMILES string of the molecule is CC(C)CNCC1CCOC1C(C)(C)C. The fraction of sp³-hybridized carbons (Fsp3) is 1.00. The predicted molar refractivity (Wildman–Crippen MR) is 65.0 cm³/mol. The summed E-state index contributed by atoms with van der Waals surface area (Å²) in [7, 11) is 0. The van der Waals surface area contributed by atoms with E-state index in [2.05, 4.69) is 39.9 Å². The minimum Gasteiger partial charge on any atom is -0.377 e. The van der Waals surface area contributed by atoms with Crippen LogP contribution < -0.4 is 5.32 Å². The van der Waals surface area contributed by atoms with Crippen LogP contribution in [0.5, 0.6) is 0 Å². The summed E-state index contributed by atoms with van der Waals surface area (Å²) in [5.74, 6) is 1.43. The maximum atomic E-state index is 5.85. The van der Waals surface area contributed by atoms with Crippen LogP contribution >= 0.6 is 0 Å². The molecule has 0 aromatic carbocycles. The second-order valence-corrected chi connectivity index (χ2v) is 6.26. The minimum absolute atomic E-state index is 0.278. The average Bonchev–Trinajstić information content (AvgIpc) is 2.50. The van der Waals surface area contributed by atoms with Crippen LogP contribution in [0.15, 0.2) is 0 Å². The molecule has 1 N–H and O–H groups in total. The second-order valence-electron chi connectivity index (χ2n) is 6.26. The van der Waals surface area contributed by atoms with E-state index in [0.29, 0.717) is 12.0 Å². The number of rotatable bonds is 4. The molecule has 1 aliphatic rings. The fourth-order valence-corrected chi connectivity index (χ4v) is 2.36. The van der Waals surface area contributed by atoms with Crippen LogP contribution in [0.1, 0.15) is 41.0 Å². The highest BCUT2D eigenvalue weighted by atomic mass is 16.5. The summed E-state index contributed by atoms with van der Waals surface area (Å²) in [5, 5.41) is 3.55. The number of ether oxygens (including phenoxy) is 1. The van der Waals surface area contributed by atoms with Crippen molar-refractivity contribution in [3.63, 3.8) is 0 Å². The Bertz CT molecular complexity index is 183. The standard InChI is InChI=1S/C13H27NO/c1-10(2)8-14-9-11-6-7-15-12(11)13(3,4)5/h10-12,14H,6-9H2,1-5H3. The van der Waals surface area contributed by atoms with Crippen molar-refractivity contribution in [3.05, 3.63) is 0 Å². The summed E-state index contributed by atoms with van der Waals surface area (Å²) in [6.45, 7) is 14.5. The van der Waals surface area contributed by atoms with Crippen LogP contribution in [-0.2, 0) is 4.74 Å². The van der Waals surface area contributed by atoms with E-state index in [9.17, 15) is 0 Å². The number of nitrogens with one attached hydrogen (secondary N) is 1. The number of hydrogen-bond acceptors (Lipinski definition) is 2. The lowest BCUT2D eigenvalue weighted by atomic mass is 9.81. The van der Waals surface area contributed by atoms with Crippen molar-refractivity contribution in [2.75, 3.05) is 19.7 Å². The molecule has 1 fully saturated rings. The van der Waals surface area contributed by atoms with E-state index < -0.39 is 0 Å². The van der Waals surface area contributed by atoms with Gasteiger partial charge in [0.2, 0.25) is 0 Å². The third kappa shape index (κ3) is 4.12. The molecule has 1 aliphatic heterocycles. The van der Waals surface area contributed by atoms with E-state index in [0.717, 1.165) is 25.6 Å². The van der Waals surface area contributed by atoms with Crippen molar-refractivity contribution in [2.24, 2.45) is 17.3 Å². The molecule has 0 bridgehead atoms. The van der Waals surface area contributed by atoms with Crippen molar-refractivity contribution in [1.82, 2.24) is 5.32 Å². The zero-order valence-electron chi connectivity index (χ0n) is 11.0. The van der Waals surface area contributed by atoms with Crippen LogP contribution in [0.4, 0.5) is 0 Å². The highest BCUT2D eigenvalue weighted by Crippen LogP contribution is 2.34. The predicted octanol–water partition coefficient (Wildman–Crippen LogP) is 2.68. The van der Waals surface area contributed by atoms with Gasteiger partial charge in [0.15, 0.2) is 0 Å². The molecule has 15 heavy (non-hydrogen) atoms. The molecular weight excluding hydrogens is 186 g/mol. The molecule has 0 amide bonds. The average molecular weight is 213 g/mol. The van der Waals surface area contributed by atoms with Gasteiger partial charge in [-0.05, 0) is 24.3 Å². The third-order valence-electron chi connectivity index (χ3n) is 3.03. The largest absolute Gasteiger partial charge is 0.377 e. The van der Waals surface area contributed by atoms with Gasteiger partial charge in [0, 0.05) is 19.1 Å². The zero-order chi connectivity index (χ0) is 11.5. The molecule has 90 valence electrons. The molecule has 2 atom stereocenters. The lowest BCUT2D eigenvalue weighted by molar-refractivity contribution is 0.00718. The summed E-state index contributed by atoms with van der Waals surface area (Å²) in [6.07, 6.45) is 1.64. The van der Waals surface area contributed by atoms with Gasteiger partial charge in [0.25, 0.3) is 0 Å². The van der Waals surface area contributed by atoms with Crippen molar-refractivity contribution in [1.29, 1.82) is 0 Å². The second kappa shape index (κ2) is 5.31. The van der Waals surface area contributed by atoms with Crippen molar-refractivity contribution in [3.8, 4) is 0 Å². The first-order chi connectivity index (χ1) is 6.91. The highest BCUT2D eigenvalue weighted by molar-refractivity contribution is 4.86. The maximum absolute atomic E-state index is 5.85. The smallest absolute Gasteiger partial charge is 0.0664 e. The first-order valence-corrected chi connectivity index (χ1v) is 6.23. The van der Waals surface area contributed by atoms with Crippen LogP contribution in [0.3, 0.4) is 0 Å². The fourth-order valence-electron chi connectivity index (χ4n) is 2.36. The number of hydrogen-bond donors (Lipinski definition) is 1. The summed E-state index contributed by atoms with van der Waals surface area (Å²) in [4.78, 5) is 0. The van der Waals surface area contributed by atoms with Gasteiger partial charge in [0.1, 0.15) is 0 Å². The summed E-state index contributed by atoms with van der Waals surface area (Å²) in [6, 6.07) is 0. The van der Waals surface area contributed by atoms with Crippen LogP contribution in [0.25, 0.3) is 0 Å². The van der Waals surface area contributed by atoms with E-state index in [1.165, 1.54) is 6.42 Å². The van der Waals surface area contributed by atoms with E-state index in [1.807, 2.05) is 0 Å².